The fourth-order valence-corrected chi connectivity index (χ4v) is 3.79. The van der Waals surface area contributed by atoms with Crippen molar-refractivity contribution in [2.24, 2.45) is 0 Å². The topological polar surface area (TPSA) is 64.1 Å². The van der Waals surface area contributed by atoms with Crippen LogP contribution in [0, 0.1) is 0 Å². The van der Waals surface area contributed by atoms with Gasteiger partial charge in [-0.1, -0.05) is 72.8 Å². The molecule has 0 fully saturated rings. The number of nitrogens with one attached hydrogen (secondary N) is 1. The first-order valence-corrected chi connectivity index (χ1v) is 11.3. The molecule has 1 heterocycles. The van der Waals surface area contributed by atoms with Gasteiger partial charge in [0.2, 0.25) is 0 Å². The van der Waals surface area contributed by atoms with Gasteiger partial charge in [0.15, 0.2) is 11.6 Å². The van der Waals surface area contributed by atoms with E-state index in [1.807, 2.05) is 97.1 Å². The summed E-state index contributed by atoms with van der Waals surface area (Å²) in [6.07, 6.45) is 3.36. The van der Waals surface area contributed by atoms with Crippen LogP contribution in [-0.2, 0) is 0 Å². The zero-order chi connectivity index (χ0) is 24.0. The molecule has 0 saturated heterocycles. The Morgan fingerprint density at radius 2 is 1.63 bits per heavy atom. The summed E-state index contributed by atoms with van der Waals surface area (Å²) in [5, 5.41) is 4.30. The van der Waals surface area contributed by atoms with Crippen LogP contribution >= 0.6 is 0 Å². The minimum atomic E-state index is -0.0889. The monoisotopic (exact) mass is 457 g/mol. The van der Waals surface area contributed by atoms with Crippen molar-refractivity contribution in [3.8, 4) is 17.1 Å². The minimum absolute atomic E-state index is 0.0889. The van der Waals surface area contributed by atoms with Gasteiger partial charge in [-0.15, -0.1) is 0 Å². The van der Waals surface area contributed by atoms with Crippen molar-refractivity contribution >= 4 is 34.3 Å². The van der Waals surface area contributed by atoms with Gasteiger partial charge in [-0.2, -0.15) is 0 Å². The maximum absolute atomic E-state index is 12.9. The van der Waals surface area contributed by atoms with Crippen molar-refractivity contribution in [1.29, 1.82) is 0 Å². The number of methoxy groups -OCH3 is 1. The van der Waals surface area contributed by atoms with Gasteiger partial charge in [0.1, 0.15) is 11.6 Å². The third-order valence-corrected chi connectivity index (χ3v) is 5.57. The van der Waals surface area contributed by atoms with Crippen molar-refractivity contribution in [2.45, 2.75) is 0 Å². The van der Waals surface area contributed by atoms with Crippen LogP contribution in [0.1, 0.15) is 15.9 Å². The van der Waals surface area contributed by atoms with Crippen LogP contribution in [0.5, 0.6) is 5.75 Å². The highest BCUT2D eigenvalue weighted by Gasteiger charge is 2.10. The molecule has 0 saturated carbocycles. The molecule has 0 radical (unpaired) electrons. The number of hydrogen-bond acceptors (Lipinski definition) is 5. The molecular formula is C30H23N3O2. The molecule has 0 atom stereocenters. The number of ketones is 1. The van der Waals surface area contributed by atoms with Crippen LogP contribution < -0.4 is 10.1 Å². The number of allylic oxidation sites excluding steroid dienone is 1. The van der Waals surface area contributed by atoms with E-state index < -0.39 is 0 Å². The van der Waals surface area contributed by atoms with E-state index in [0.717, 1.165) is 33.5 Å². The molecule has 0 aliphatic carbocycles. The van der Waals surface area contributed by atoms with E-state index in [1.165, 1.54) is 0 Å². The van der Waals surface area contributed by atoms with Crippen molar-refractivity contribution in [3.05, 3.63) is 120 Å². The third kappa shape index (κ3) is 5.09. The molecule has 0 spiro atoms. The van der Waals surface area contributed by atoms with Gasteiger partial charge in [-0.25, -0.2) is 9.97 Å². The first kappa shape index (κ1) is 22.0. The zero-order valence-electron chi connectivity index (χ0n) is 19.2. The Morgan fingerprint density at radius 1 is 0.829 bits per heavy atom. The molecule has 5 aromatic rings. The second kappa shape index (κ2) is 10.0. The van der Waals surface area contributed by atoms with Crippen molar-refractivity contribution in [2.75, 3.05) is 12.4 Å². The summed E-state index contributed by atoms with van der Waals surface area (Å²) in [5.74, 6) is 1.98. The summed E-state index contributed by atoms with van der Waals surface area (Å²) in [6, 6.07) is 32.7. The Kier molecular flexibility index (Phi) is 6.31. The first-order chi connectivity index (χ1) is 17.2. The fraction of sp³-hybridized carbons (Fsp3) is 0.0333. The highest BCUT2D eigenvalue weighted by atomic mass is 16.5. The standard InChI is InChI=1S/C30H23N3O2/c1-35-25-14-7-9-21(19-25)17-18-28(34)23-12-8-13-24(20-23)31-30-26-15-5-6-16-27(26)32-29(33-30)22-10-3-2-4-11-22/h2-20H,1H3,(H,31,32,33)/b18-17+. The summed E-state index contributed by atoms with van der Waals surface area (Å²) in [6.45, 7) is 0. The van der Waals surface area contributed by atoms with Crippen molar-refractivity contribution in [3.63, 3.8) is 0 Å². The predicted molar refractivity (Wildman–Crippen MR) is 141 cm³/mol. The highest BCUT2D eigenvalue weighted by molar-refractivity contribution is 6.07. The van der Waals surface area contributed by atoms with E-state index in [-0.39, 0.29) is 5.78 Å². The summed E-state index contributed by atoms with van der Waals surface area (Å²) < 4.78 is 5.25. The number of carbonyl (C=O) groups excluding carboxylic acids is 1. The number of para-hydroxylation sites is 1. The molecular weight excluding hydrogens is 434 g/mol. The van der Waals surface area contributed by atoms with Crippen LogP contribution in [0.25, 0.3) is 28.4 Å². The molecule has 0 bridgehead atoms. The van der Waals surface area contributed by atoms with Gasteiger partial charge in [-0.05, 0) is 48.0 Å². The van der Waals surface area contributed by atoms with Crippen LogP contribution in [-0.4, -0.2) is 22.9 Å². The van der Waals surface area contributed by atoms with E-state index in [1.54, 1.807) is 25.3 Å². The van der Waals surface area contributed by atoms with Crippen molar-refractivity contribution < 1.29 is 9.53 Å². The molecule has 170 valence electrons. The lowest BCUT2D eigenvalue weighted by atomic mass is 10.1. The lowest BCUT2D eigenvalue weighted by molar-refractivity contribution is 0.104. The molecule has 0 unspecified atom stereocenters. The smallest absolute Gasteiger partial charge is 0.185 e. The second-order valence-corrected chi connectivity index (χ2v) is 7.96. The normalized spacial score (nSPS) is 11.0. The first-order valence-electron chi connectivity index (χ1n) is 11.3. The molecule has 0 amide bonds. The summed E-state index contributed by atoms with van der Waals surface area (Å²) >= 11 is 0. The maximum Gasteiger partial charge on any atom is 0.185 e. The van der Waals surface area contributed by atoms with Gasteiger partial charge >= 0.3 is 0 Å². The minimum Gasteiger partial charge on any atom is -0.497 e. The van der Waals surface area contributed by atoms with E-state index in [2.05, 4.69) is 5.32 Å². The lowest BCUT2D eigenvalue weighted by Gasteiger charge is -2.12. The number of anilines is 2. The number of carbonyl (C=O) groups is 1. The van der Waals surface area contributed by atoms with Gasteiger partial charge < -0.3 is 10.1 Å². The van der Waals surface area contributed by atoms with Crippen LogP contribution in [0.2, 0.25) is 0 Å². The van der Waals surface area contributed by atoms with Crippen LogP contribution in [0.3, 0.4) is 0 Å². The Labute approximate surface area is 203 Å². The van der Waals surface area contributed by atoms with E-state index in [4.69, 9.17) is 14.7 Å². The summed E-state index contributed by atoms with van der Waals surface area (Å²) in [7, 11) is 1.62. The molecule has 0 aliphatic heterocycles. The maximum atomic E-state index is 12.9. The SMILES string of the molecule is COc1cccc(/C=C/C(=O)c2cccc(Nc3nc(-c4ccccc4)nc4ccccc34)c2)c1. The number of hydrogen-bond donors (Lipinski definition) is 1. The number of fused-ring (bicyclic) bond motifs is 1. The third-order valence-electron chi connectivity index (χ3n) is 5.57. The highest BCUT2D eigenvalue weighted by Crippen LogP contribution is 2.27. The number of rotatable bonds is 7. The average Bonchev–Trinajstić information content (AvgIpc) is 2.92. The molecule has 5 heteroatoms. The summed E-state index contributed by atoms with van der Waals surface area (Å²) in [4.78, 5) is 22.4. The molecule has 0 aliphatic rings. The van der Waals surface area contributed by atoms with Gasteiger partial charge in [0.05, 0.1) is 12.6 Å². The number of aromatic nitrogens is 2. The van der Waals surface area contributed by atoms with Crippen molar-refractivity contribution in [1.82, 2.24) is 9.97 Å². The molecule has 1 aromatic heterocycles. The molecule has 1 N–H and O–H groups in total. The Hall–Kier alpha value is -4.77. The molecule has 4 aromatic carbocycles. The number of nitrogens with zero attached hydrogens (tertiary/aromatic N) is 2. The van der Waals surface area contributed by atoms with Gasteiger partial charge in [0, 0.05) is 22.2 Å². The predicted octanol–water partition coefficient (Wildman–Crippen LogP) is 6.95. The Balaban J connectivity index is 1.44. The Morgan fingerprint density at radius 3 is 2.49 bits per heavy atom. The quantitative estimate of drug-likeness (QED) is 0.212. The number of ether oxygens (including phenoxy) is 1. The lowest BCUT2D eigenvalue weighted by Crippen LogP contribution is -2.01. The van der Waals surface area contributed by atoms with Gasteiger partial charge in [0.25, 0.3) is 0 Å². The molecule has 5 nitrogen and oxygen atoms in total. The van der Waals surface area contributed by atoms with E-state index in [9.17, 15) is 4.79 Å². The van der Waals surface area contributed by atoms with Gasteiger partial charge in [-0.3, -0.25) is 4.79 Å². The Bertz CT molecular complexity index is 1530. The fourth-order valence-electron chi connectivity index (χ4n) is 3.79. The van der Waals surface area contributed by atoms with Crippen LogP contribution in [0.4, 0.5) is 11.5 Å². The van der Waals surface area contributed by atoms with E-state index in [0.29, 0.717) is 17.2 Å². The largest absolute Gasteiger partial charge is 0.497 e. The summed E-state index contributed by atoms with van der Waals surface area (Å²) in [5.41, 5.74) is 4.03. The van der Waals surface area contributed by atoms with E-state index >= 15 is 0 Å². The zero-order valence-corrected chi connectivity index (χ0v) is 19.2. The number of benzene rings is 4. The molecule has 5 rings (SSSR count). The van der Waals surface area contributed by atoms with Crippen LogP contribution in [0.15, 0.2) is 109 Å². The second-order valence-electron chi connectivity index (χ2n) is 7.96. The average molecular weight is 458 g/mol. The molecule has 35 heavy (non-hydrogen) atoms.